The molecule has 1 aromatic heterocycles. The van der Waals surface area contributed by atoms with E-state index in [0.717, 1.165) is 36.5 Å². The van der Waals surface area contributed by atoms with Gasteiger partial charge in [-0.1, -0.05) is 12.1 Å². The Hall–Kier alpha value is -1.88. The van der Waals surface area contributed by atoms with Crippen LogP contribution in [0, 0.1) is 5.92 Å². The molecule has 0 atom stereocenters. The SMILES string of the molecule is c1ccc2nc(OCC3CCNCC3)c(NC3CC3)nc2c1. The van der Waals surface area contributed by atoms with Crippen molar-refractivity contribution in [2.45, 2.75) is 31.7 Å². The van der Waals surface area contributed by atoms with E-state index in [0.29, 0.717) is 17.8 Å². The minimum atomic E-state index is 0.539. The fourth-order valence-electron chi connectivity index (χ4n) is 2.84. The minimum absolute atomic E-state index is 0.539. The quantitative estimate of drug-likeness (QED) is 0.888. The van der Waals surface area contributed by atoms with Crippen LogP contribution in [0.4, 0.5) is 5.82 Å². The van der Waals surface area contributed by atoms with E-state index < -0.39 is 0 Å². The van der Waals surface area contributed by atoms with Gasteiger partial charge in [0.25, 0.3) is 5.88 Å². The number of benzene rings is 1. The summed E-state index contributed by atoms with van der Waals surface area (Å²) in [6.07, 6.45) is 4.77. The molecule has 5 nitrogen and oxygen atoms in total. The third kappa shape index (κ3) is 3.14. The Kier molecular flexibility index (Phi) is 3.81. The van der Waals surface area contributed by atoms with Gasteiger partial charge >= 0.3 is 0 Å². The summed E-state index contributed by atoms with van der Waals surface area (Å²) in [6, 6.07) is 8.50. The average molecular weight is 298 g/mol. The van der Waals surface area contributed by atoms with Crippen LogP contribution < -0.4 is 15.4 Å². The fourth-order valence-corrected chi connectivity index (χ4v) is 2.84. The van der Waals surface area contributed by atoms with Gasteiger partial charge in [-0.15, -0.1) is 0 Å². The molecule has 2 heterocycles. The summed E-state index contributed by atoms with van der Waals surface area (Å²) in [5.74, 6) is 2.07. The zero-order valence-corrected chi connectivity index (χ0v) is 12.7. The predicted octanol–water partition coefficient (Wildman–Crippen LogP) is 2.58. The third-order valence-electron chi connectivity index (χ3n) is 4.37. The lowest BCUT2D eigenvalue weighted by molar-refractivity contribution is 0.210. The molecule has 2 N–H and O–H groups in total. The van der Waals surface area contributed by atoms with Crippen LogP contribution in [0.5, 0.6) is 5.88 Å². The summed E-state index contributed by atoms with van der Waals surface area (Å²) >= 11 is 0. The fraction of sp³-hybridized carbons (Fsp3) is 0.529. The third-order valence-corrected chi connectivity index (χ3v) is 4.37. The maximum atomic E-state index is 6.05. The van der Waals surface area contributed by atoms with Crippen LogP contribution in [0.15, 0.2) is 24.3 Å². The molecule has 0 spiro atoms. The van der Waals surface area contributed by atoms with E-state index in [1.54, 1.807) is 0 Å². The average Bonchev–Trinajstić information content (AvgIpc) is 3.38. The van der Waals surface area contributed by atoms with Gasteiger partial charge in [0.05, 0.1) is 17.6 Å². The minimum Gasteiger partial charge on any atom is -0.475 e. The number of piperidine rings is 1. The van der Waals surface area contributed by atoms with Gasteiger partial charge in [0, 0.05) is 6.04 Å². The summed E-state index contributed by atoms with van der Waals surface area (Å²) < 4.78 is 6.05. The van der Waals surface area contributed by atoms with Crippen LogP contribution >= 0.6 is 0 Å². The van der Waals surface area contributed by atoms with Crippen LogP contribution in [0.3, 0.4) is 0 Å². The Morgan fingerprint density at radius 1 is 1.05 bits per heavy atom. The molecule has 1 saturated carbocycles. The first kappa shape index (κ1) is 13.8. The highest BCUT2D eigenvalue weighted by atomic mass is 16.5. The van der Waals surface area contributed by atoms with E-state index in [1.165, 1.54) is 25.7 Å². The highest BCUT2D eigenvalue weighted by molar-refractivity contribution is 5.77. The highest BCUT2D eigenvalue weighted by Gasteiger charge is 2.24. The number of nitrogens with zero attached hydrogens (tertiary/aromatic N) is 2. The van der Waals surface area contributed by atoms with E-state index in [1.807, 2.05) is 24.3 Å². The predicted molar refractivity (Wildman–Crippen MR) is 87.3 cm³/mol. The number of para-hydroxylation sites is 2. The monoisotopic (exact) mass is 298 g/mol. The second kappa shape index (κ2) is 6.08. The van der Waals surface area contributed by atoms with E-state index >= 15 is 0 Å². The number of hydrogen-bond donors (Lipinski definition) is 2. The Morgan fingerprint density at radius 3 is 2.50 bits per heavy atom. The van der Waals surface area contributed by atoms with Gasteiger partial charge in [-0.3, -0.25) is 0 Å². The molecule has 1 saturated heterocycles. The molecule has 1 aliphatic carbocycles. The molecule has 2 aliphatic rings. The van der Waals surface area contributed by atoms with Crippen molar-refractivity contribution in [2.24, 2.45) is 5.92 Å². The van der Waals surface area contributed by atoms with Crippen molar-refractivity contribution in [3.63, 3.8) is 0 Å². The first-order valence-corrected chi connectivity index (χ1v) is 8.25. The second-order valence-corrected chi connectivity index (χ2v) is 6.29. The van der Waals surface area contributed by atoms with E-state index in [4.69, 9.17) is 9.72 Å². The maximum absolute atomic E-state index is 6.05. The van der Waals surface area contributed by atoms with Gasteiger partial charge in [0.2, 0.25) is 0 Å². The number of ether oxygens (including phenoxy) is 1. The van der Waals surface area contributed by atoms with E-state index in [2.05, 4.69) is 15.6 Å². The molecule has 0 amide bonds. The number of fused-ring (bicyclic) bond motifs is 1. The number of hydrogen-bond acceptors (Lipinski definition) is 5. The molecule has 1 aromatic carbocycles. The van der Waals surface area contributed by atoms with Crippen molar-refractivity contribution in [3.05, 3.63) is 24.3 Å². The molecule has 2 aromatic rings. The Morgan fingerprint density at radius 2 is 1.77 bits per heavy atom. The standard InChI is InChI=1S/C17H22N4O/c1-2-4-15-14(3-1)20-16(19-13-5-6-13)17(21-15)22-11-12-7-9-18-10-8-12/h1-4,12-13,18H,5-11H2,(H,19,20). The molecule has 0 unspecified atom stereocenters. The van der Waals surface area contributed by atoms with E-state index in [9.17, 15) is 0 Å². The van der Waals surface area contributed by atoms with Gasteiger partial charge in [-0.05, 0) is 56.8 Å². The van der Waals surface area contributed by atoms with Crippen molar-refractivity contribution >= 4 is 16.9 Å². The summed E-state index contributed by atoms with van der Waals surface area (Å²) in [6.45, 7) is 2.91. The van der Waals surface area contributed by atoms with Crippen molar-refractivity contribution in [3.8, 4) is 5.88 Å². The molecule has 2 fully saturated rings. The molecule has 1 aliphatic heterocycles. The Labute approximate surface area is 130 Å². The summed E-state index contributed by atoms with van der Waals surface area (Å²) in [5.41, 5.74) is 1.81. The van der Waals surface area contributed by atoms with Crippen LogP contribution in [-0.4, -0.2) is 35.7 Å². The first-order chi connectivity index (χ1) is 10.9. The molecular formula is C17H22N4O. The van der Waals surface area contributed by atoms with Gasteiger partial charge in [-0.25, -0.2) is 9.97 Å². The zero-order chi connectivity index (χ0) is 14.8. The van der Waals surface area contributed by atoms with E-state index in [-0.39, 0.29) is 0 Å². The van der Waals surface area contributed by atoms with Crippen LogP contribution in [0.25, 0.3) is 11.0 Å². The lowest BCUT2D eigenvalue weighted by Crippen LogP contribution is -2.30. The van der Waals surface area contributed by atoms with Crippen molar-refractivity contribution in [2.75, 3.05) is 25.0 Å². The molecule has 22 heavy (non-hydrogen) atoms. The molecule has 0 radical (unpaired) electrons. The van der Waals surface area contributed by atoms with Crippen molar-refractivity contribution in [1.29, 1.82) is 0 Å². The first-order valence-electron chi connectivity index (χ1n) is 8.25. The van der Waals surface area contributed by atoms with Gasteiger partial charge in [0.15, 0.2) is 5.82 Å². The number of aromatic nitrogens is 2. The molecule has 116 valence electrons. The molecule has 0 bridgehead atoms. The summed E-state index contributed by atoms with van der Waals surface area (Å²) in [7, 11) is 0. The maximum Gasteiger partial charge on any atom is 0.258 e. The van der Waals surface area contributed by atoms with Gasteiger partial charge < -0.3 is 15.4 Å². The topological polar surface area (TPSA) is 59.1 Å². The number of nitrogens with one attached hydrogen (secondary N) is 2. The summed E-state index contributed by atoms with van der Waals surface area (Å²) in [5, 5.41) is 6.84. The highest BCUT2D eigenvalue weighted by Crippen LogP contribution is 2.30. The van der Waals surface area contributed by atoms with Crippen molar-refractivity contribution < 1.29 is 4.74 Å². The van der Waals surface area contributed by atoms with Gasteiger partial charge in [-0.2, -0.15) is 0 Å². The lowest BCUT2D eigenvalue weighted by atomic mass is 9.99. The normalized spacial score (nSPS) is 19.3. The van der Waals surface area contributed by atoms with Gasteiger partial charge in [0.1, 0.15) is 0 Å². The zero-order valence-electron chi connectivity index (χ0n) is 12.7. The number of anilines is 1. The second-order valence-electron chi connectivity index (χ2n) is 6.29. The molecule has 5 heteroatoms. The molecule has 4 rings (SSSR count). The molecular weight excluding hydrogens is 276 g/mol. The Balaban J connectivity index is 1.55. The van der Waals surface area contributed by atoms with Crippen LogP contribution in [0.2, 0.25) is 0 Å². The van der Waals surface area contributed by atoms with Crippen molar-refractivity contribution in [1.82, 2.24) is 15.3 Å². The lowest BCUT2D eigenvalue weighted by Gasteiger charge is -2.23. The number of rotatable bonds is 5. The van der Waals surface area contributed by atoms with Crippen LogP contribution in [-0.2, 0) is 0 Å². The smallest absolute Gasteiger partial charge is 0.258 e. The van der Waals surface area contributed by atoms with Crippen LogP contribution in [0.1, 0.15) is 25.7 Å². The largest absolute Gasteiger partial charge is 0.475 e. The Bertz CT molecular complexity index is 650. The summed E-state index contributed by atoms with van der Waals surface area (Å²) in [4.78, 5) is 9.39.